The first kappa shape index (κ1) is 15.4. The highest BCUT2D eigenvalue weighted by Gasteiger charge is 2.39. The number of hydrogen-bond donors (Lipinski definition) is 1. The molecule has 3 rings (SSSR count). The van der Waals surface area contributed by atoms with Crippen LogP contribution in [0.15, 0.2) is 22.7 Å². The van der Waals surface area contributed by atoms with E-state index in [0.29, 0.717) is 12.0 Å². The lowest BCUT2D eigenvalue weighted by Crippen LogP contribution is -2.38. The Bertz CT molecular complexity index is 490. The first-order valence-corrected chi connectivity index (χ1v) is 8.85. The molecule has 1 saturated carbocycles. The van der Waals surface area contributed by atoms with E-state index in [1.165, 1.54) is 44.2 Å². The second-order valence-corrected chi connectivity index (χ2v) is 7.25. The third-order valence-corrected chi connectivity index (χ3v) is 5.50. The summed E-state index contributed by atoms with van der Waals surface area (Å²) in [5.41, 5.74) is 1.26. The van der Waals surface area contributed by atoms with Crippen LogP contribution in [-0.4, -0.2) is 31.1 Å². The molecule has 1 heterocycles. The smallest absolute Gasteiger partial charge is 0.124 e. The highest BCUT2D eigenvalue weighted by molar-refractivity contribution is 9.10. The maximum absolute atomic E-state index is 13.5. The summed E-state index contributed by atoms with van der Waals surface area (Å²) in [6.07, 6.45) is 6.47. The molecule has 0 spiro atoms. The van der Waals surface area contributed by atoms with Gasteiger partial charge in [-0.15, -0.1) is 0 Å². The van der Waals surface area contributed by atoms with E-state index in [0.717, 1.165) is 17.1 Å². The van der Waals surface area contributed by atoms with E-state index in [9.17, 15) is 4.39 Å². The Morgan fingerprint density at radius 2 is 2.10 bits per heavy atom. The van der Waals surface area contributed by atoms with Gasteiger partial charge in [0.1, 0.15) is 5.82 Å². The van der Waals surface area contributed by atoms with Crippen LogP contribution in [0.1, 0.15) is 43.7 Å². The highest BCUT2D eigenvalue weighted by atomic mass is 79.9. The van der Waals surface area contributed by atoms with Crippen LogP contribution in [0.2, 0.25) is 0 Å². The minimum Gasteiger partial charge on any atom is -0.319 e. The van der Waals surface area contributed by atoms with Crippen LogP contribution >= 0.6 is 15.9 Å². The van der Waals surface area contributed by atoms with Crippen molar-refractivity contribution in [3.05, 3.63) is 34.1 Å². The zero-order valence-corrected chi connectivity index (χ0v) is 14.2. The van der Waals surface area contributed by atoms with Crippen LogP contribution in [0, 0.1) is 11.7 Å². The topological polar surface area (TPSA) is 15.3 Å². The molecule has 0 radical (unpaired) electrons. The third kappa shape index (κ3) is 3.49. The van der Waals surface area contributed by atoms with Crippen molar-refractivity contribution in [2.45, 2.75) is 44.2 Å². The van der Waals surface area contributed by atoms with Gasteiger partial charge in [0, 0.05) is 16.6 Å². The van der Waals surface area contributed by atoms with Crippen molar-refractivity contribution >= 4 is 15.9 Å². The maximum atomic E-state index is 13.5. The predicted octanol–water partition coefficient (Wildman–Crippen LogP) is 4.11. The van der Waals surface area contributed by atoms with Gasteiger partial charge in [-0.3, -0.25) is 4.90 Å². The van der Waals surface area contributed by atoms with Crippen molar-refractivity contribution in [1.29, 1.82) is 0 Å². The summed E-state index contributed by atoms with van der Waals surface area (Å²) < 4.78 is 14.4. The summed E-state index contributed by atoms with van der Waals surface area (Å²) >= 11 is 3.60. The van der Waals surface area contributed by atoms with E-state index < -0.39 is 0 Å². The molecule has 0 bridgehead atoms. The van der Waals surface area contributed by atoms with Crippen molar-refractivity contribution in [1.82, 2.24) is 10.2 Å². The van der Waals surface area contributed by atoms with Gasteiger partial charge < -0.3 is 5.32 Å². The molecule has 1 aliphatic heterocycles. The van der Waals surface area contributed by atoms with Crippen LogP contribution in [0.3, 0.4) is 0 Å². The van der Waals surface area contributed by atoms with Gasteiger partial charge in [0.05, 0.1) is 0 Å². The minimum atomic E-state index is -0.164. The van der Waals surface area contributed by atoms with E-state index in [1.807, 2.05) is 13.1 Å². The molecule has 2 fully saturated rings. The van der Waals surface area contributed by atoms with E-state index in [-0.39, 0.29) is 5.82 Å². The van der Waals surface area contributed by atoms with Crippen LogP contribution in [0.4, 0.5) is 4.39 Å². The van der Waals surface area contributed by atoms with Gasteiger partial charge in [-0.05, 0) is 69.4 Å². The van der Waals surface area contributed by atoms with Crippen molar-refractivity contribution < 1.29 is 4.39 Å². The Kier molecular flexibility index (Phi) is 4.97. The van der Waals surface area contributed by atoms with E-state index in [2.05, 4.69) is 26.1 Å². The maximum Gasteiger partial charge on any atom is 0.124 e. The zero-order chi connectivity index (χ0) is 14.8. The standard InChI is InChI=1S/C17H24BrFN2/c1-20-11-12-4-2-3-9-21(14-6-7-14)17(12)15-8-5-13(19)10-16(15)18/h5,8,10,12,14,17,20H,2-4,6-7,9,11H2,1H3. The number of halogens is 2. The Hall–Kier alpha value is -0.450. The molecule has 2 aliphatic rings. The molecule has 1 saturated heterocycles. The molecular weight excluding hydrogens is 331 g/mol. The minimum absolute atomic E-state index is 0.164. The molecule has 1 N–H and O–H groups in total. The number of benzene rings is 1. The monoisotopic (exact) mass is 354 g/mol. The van der Waals surface area contributed by atoms with E-state index >= 15 is 0 Å². The van der Waals surface area contributed by atoms with Gasteiger partial charge in [0.15, 0.2) is 0 Å². The number of rotatable bonds is 4. The van der Waals surface area contributed by atoms with Crippen molar-refractivity contribution in [3.63, 3.8) is 0 Å². The molecule has 21 heavy (non-hydrogen) atoms. The molecule has 1 aromatic carbocycles. The summed E-state index contributed by atoms with van der Waals surface area (Å²) in [5, 5.41) is 3.36. The summed E-state index contributed by atoms with van der Waals surface area (Å²) in [4.78, 5) is 2.69. The van der Waals surface area contributed by atoms with Gasteiger partial charge in [-0.25, -0.2) is 4.39 Å². The van der Waals surface area contributed by atoms with Gasteiger partial charge in [-0.1, -0.05) is 28.4 Å². The van der Waals surface area contributed by atoms with Crippen LogP contribution < -0.4 is 5.32 Å². The average Bonchev–Trinajstić information content (AvgIpc) is 3.26. The van der Waals surface area contributed by atoms with Gasteiger partial charge in [-0.2, -0.15) is 0 Å². The fraction of sp³-hybridized carbons (Fsp3) is 0.647. The summed E-state index contributed by atoms with van der Waals surface area (Å²) in [7, 11) is 2.03. The molecular formula is C17H24BrFN2. The molecule has 4 heteroatoms. The zero-order valence-electron chi connectivity index (χ0n) is 12.6. The first-order valence-electron chi connectivity index (χ1n) is 8.06. The van der Waals surface area contributed by atoms with E-state index in [1.54, 1.807) is 12.1 Å². The quantitative estimate of drug-likeness (QED) is 0.874. The largest absolute Gasteiger partial charge is 0.319 e. The second kappa shape index (κ2) is 6.76. The van der Waals surface area contributed by atoms with Crippen molar-refractivity contribution in [3.8, 4) is 0 Å². The fourth-order valence-electron chi connectivity index (χ4n) is 3.73. The number of hydrogen-bond acceptors (Lipinski definition) is 2. The molecule has 2 unspecified atom stereocenters. The lowest BCUT2D eigenvalue weighted by Gasteiger charge is -2.36. The number of nitrogens with zero attached hydrogens (tertiary/aromatic N) is 1. The molecule has 1 aromatic rings. The van der Waals surface area contributed by atoms with Crippen LogP contribution in [0.25, 0.3) is 0 Å². The number of likely N-dealkylation sites (tertiary alicyclic amines) is 1. The Labute approximate surface area is 135 Å². The lowest BCUT2D eigenvalue weighted by atomic mass is 9.89. The van der Waals surface area contributed by atoms with Gasteiger partial charge in [0.2, 0.25) is 0 Å². The Morgan fingerprint density at radius 1 is 1.29 bits per heavy atom. The van der Waals surface area contributed by atoms with Crippen LogP contribution in [-0.2, 0) is 0 Å². The Balaban J connectivity index is 1.96. The SMILES string of the molecule is CNCC1CCCCN(C2CC2)C1c1ccc(F)cc1Br. The molecule has 2 nitrogen and oxygen atoms in total. The molecule has 0 amide bonds. The summed E-state index contributed by atoms with van der Waals surface area (Å²) in [6, 6.07) is 6.34. The Morgan fingerprint density at radius 3 is 2.76 bits per heavy atom. The van der Waals surface area contributed by atoms with E-state index in [4.69, 9.17) is 0 Å². The van der Waals surface area contributed by atoms with Crippen LogP contribution in [0.5, 0.6) is 0 Å². The first-order chi connectivity index (χ1) is 10.2. The lowest BCUT2D eigenvalue weighted by molar-refractivity contribution is 0.145. The van der Waals surface area contributed by atoms with Crippen molar-refractivity contribution in [2.24, 2.45) is 5.92 Å². The molecule has 1 aliphatic carbocycles. The molecule has 0 aromatic heterocycles. The third-order valence-electron chi connectivity index (χ3n) is 4.81. The predicted molar refractivity (Wildman–Crippen MR) is 87.8 cm³/mol. The summed E-state index contributed by atoms with van der Waals surface area (Å²) in [5.74, 6) is 0.433. The molecule has 2 atom stereocenters. The fourth-order valence-corrected chi connectivity index (χ4v) is 4.32. The summed E-state index contributed by atoms with van der Waals surface area (Å²) in [6.45, 7) is 2.21. The highest BCUT2D eigenvalue weighted by Crippen LogP contribution is 2.43. The molecule has 116 valence electrons. The average molecular weight is 355 g/mol. The van der Waals surface area contributed by atoms with Crippen molar-refractivity contribution in [2.75, 3.05) is 20.1 Å². The second-order valence-electron chi connectivity index (χ2n) is 6.39. The van der Waals surface area contributed by atoms with Gasteiger partial charge in [0.25, 0.3) is 0 Å². The normalized spacial score (nSPS) is 27.6. The number of nitrogens with one attached hydrogen (secondary N) is 1. The van der Waals surface area contributed by atoms with Gasteiger partial charge >= 0.3 is 0 Å².